The lowest BCUT2D eigenvalue weighted by Gasteiger charge is -2.32. The van der Waals surface area contributed by atoms with E-state index in [9.17, 15) is 9.90 Å². The Morgan fingerprint density at radius 2 is 2.21 bits per heavy atom. The van der Waals surface area contributed by atoms with Gasteiger partial charge in [-0.25, -0.2) is 0 Å². The van der Waals surface area contributed by atoms with Crippen LogP contribution in [0, 0.1) is 0 Å². The zero-order valence-corrected chi connectivity index (χ0v) is 11.6. The zero-order valence-electron chi connectivity index (χ0n) is 11.6. The average Bonchev–Trinajstić information content (AvgIpc) is 2.42. The lowest BCUT2D eigenvalue weighted by molar-refractivity contribution is -0.119. The number of aliphatic hydroxyl groups is 1. The van der Waals surface area contributed by atoms with Crippen molar-refractivity contribution in [2.75, 3.05) is 18.5 Å². The number of aliphatic hydroxyl groups excluding tert-OH is 1. The smallest absolute Gasteiger partial charge is 0.228 e. The van der Waals surface area contributed by atoms with E-state index in [0.29, 0.717) is 13.0 Å². The fraction of sp³-hybridized carbons (Fsp3) is 0.533. The van der Waals surface area contributed by atoms with Crippen molar-refractivity contribution in [3.8, 4) is 0 Å². The van der Waals surface area contributed by atoms with Gasteiger partial charge in [0.15, 0.2) is 0 Å². The van der Waals surface area contributed by atoms with Gasteiger partial charge in [0.05, 0.1) is 6.10 Å². The van der Waals surface area contributed by atoms with Gasteiger partial charge in [-0.3, -0.25) is 4.79 Å². The van der Waals surface area contributed by atoms with Gasteiger partial charge >= 0.3 is 0 Å². The molecular weight excluding hydrogens is 240 g/mol. The Morgan fingerprint density at radius 1 is 1.47 bits per heavy atom. The molecule has 0 aromatic heterocycles. The summed E-state index contributed by atoms with van der Waals surface area (Å²) in [6.07, 6.45) is 1.86. The molecule has 2 rings (SSSR count). The van der Waals surface area contributed by atoms with Crippen molar-refractivity contribution in [2.24, 2.45) is 0 Å². The Bertz CT molecular complexity index is 448. The van der Waals surface area contributed by atoms with Gasteiger partial charge in [0, 0.05) is 31.7 Å². The lowest BCUT2D eigenvalue weighted by Crippen LogP contribution is -2.39. The van der Waals surface area contributed by atoms with Crippen LogP contribution < -0.4 is 10.2 Å². The Labute approximate surface area is 114 Å². The predicted octanol–water partition coefficient (Wildman–Crippen LogP) is 1.84. The molecule has 19 heavy (non-hydrogen) atoms. The number of hydrogen-bond acceptors (Lipinski definition) is 3. The first-order valence-electron chi connectivity index (χ1n) is 6.90. The molecule has 1 aromatic carbocycles. The Balaban J connectivity index is 2.09. The van der Waals surface area contributed by atoms with Crippen LogP contribution in [0.5, 0.6) is 0 Å². The molecule has 0 saturated carbocycles. The van der Waals surface area contributed by atoms with Gasteiger partial charge in [-0.2, -0.15) is 0 Å². The van der Waals surface area contributed by atoms with Gasteiger partial charge in [-0.05, 0) is 18.1 Å². The molecule has 4 nitrogen and oxygen atoms in total. The van der Waals surface area contributed by atoms with Crippen molar-refractivity contribution in [2.45, 2.75) is 38.3 Å². The molecule has 1 heterocycles. The molecule has 1 amide bonds. The second-order valence-corrected chi connectivity index (χ2v) is 5.12. The fourth-order valence-corrected chi connectivity index (χ4v) is 2.54. The minimum Gasteiger partial charge on any atom is -0.392 e. The minimum absolute atomic E-state index is 0.00593. The van der Waals surface area contributed by atoms with Crippen LogP contribution >= 0.6 is 0 Å². The number of hydrogen-bond donors (Lipinski definition) is 2. The molecule has 4 heteroatoms. The standard InChI is InChI=1S/C15H22N2O2/c1-3-6-11(18)10-16-13-9-15(19)17(2)14-8-5-4-7-12(13)14/h4-5,7-8,11,13,16,18H,3,6,9-10H2,1-2H3. The number of nitrogens with one attached hydrogen (secondary N) is 1. The summed E-state index contributed by atoms with van der Waals surface area (Å²) in [5, 5.41) is 13.1. The van der Waals surface area contributed by atoms with Crippen LogP contribution in [0.3, 0.4) is 0 Å². The average molecular weight is 262 g/mol. The van der Waals surface area contributed by atoms with Gasteiger partial charge < -0.3 is 15.3 Å². The van der Waals surface area contributed by atoms with Crippen molar-refractivity contribution in [1.82, 2.24) is 5.32 Å². The second kappa shape index (κ2) is 6.17. The van der Waals surface area contributed by atoms with E-state index in [0.717, 1.165) is 24.1 Å². The van der Waals surface area contributed by atoms with Gasteiger partial charge in [0.1, 0.15) is 0 Å². The molecule has 1 aliphatic heterocycles. The third kappa shape index (κ3) is 3.14. The molecule has 0 saturated heterocycles. The highest BCUT2D eigenvalue weighted by molar-refractivity contribution is 5.96. The Kier molecular flexibility index (Phi) is 4.56. The molecule has 0 aliphatic carbocycles. The maximum atomic E-state index is 12.0. The molecule has 2 unspecified atom stereocenters. The summed E-state index contributed by atoms with van der Waals surface area (Å²) in [5.74, 6) is 0.112. The number of nitrogens with zero attached hydrogens (tertiary/aromatic N) is 1. The van der Waals surface area contributed by atoms with Crippen molar-refractivity contribution < 1.29 is 9.90 Å². The van der Waals surface area contributed by atoms with Crippen molar-refractivity contribution in [1.29, 1.82) is 0 Å². The number of rotatable bonds is 5. The number of fused-ring (bicyclic) bond motifs is 1. The summed E-state index contributed by atoms with van der Waals surface area (Å²) in [6, 6.07) is 7.94. The van der Waals surface area contributed by atoms with Gasteiger partial charge in [0.2, 0.25) is 5.91 Å². The molecule has 0 bridgehead atoms. The highest BCUT2D eigenvalue weighted by Gasteiger charge is 2.28. The topological polar surface area (TPSA) is 52.6 Å². The van der Waals surface area contributed by atoms with Crippen LogP contribution in [-0.2, 0) is 4.79 Å². The van der Waals surface area contributed by atoms with E-state index in [1.807, 2.05) is 31.3 Å². The molecule has 104 valence electrons. The van der Waals surface area contributed by atoms with Gasteiger partial charge in [-0.15, -0.1) is 0 Å². The normalized spacial score (nSPS) is 20.3. The Hall–Kier alpha value is -1.39. The van der Waals surface area contributed by atoms with E-state index in [1.54, 1.807) is 4.90 Å². The van der Waals surface area contributed by atoms with Gasteiger partial charge in [-0.1, -0.05) is 31.5 Å². The second-order valence-electron chi connectivity index (χ2n) is 5.12. The number of carbonyl (C=O) groups is 1. The van der Waals surface area contributed by atoms with E-state index >= 15 is 0 Å². The Morgan fingerprint density at radius 3 is 2.95 bits per heavy atom. The predicted molar refractivity (Wildman–Crippen MR) is 76.1 cm³/mol. The largest absolute Gasteiger partial charge is 0.392 e. The van der Waals surface area contributed by atoms with Gasteiger partial charge in [0.25, 0.3) is 0 Å². The van der Waals surface area contributed by atoms with Crippen LogP contribution in [0.1, 0.15) is 37.8 Å². The molecule has 2 N–H and O–H groups in total. The van der Waals surface area contributed by atoms with Crippen LogP contribution in [0.4, 0.5) is 5.69 Å². The lowest BCUT2D eigenvalue weighted by atomic mass is 9.96. The van der Waals surface area contributed by atoms with E-state index in [4.69, 9.17) is 0 Å². The highest BCUT2D eigenvalue weighted by atomic mass is 16.3. The van der Waals surface area contributed by atoms with Crippen LogP contribution in [0.25, 0.3) is 0 Å². The summed E-state index contributed by atoms with van der Waals surface area (Å²) in [4.78, 5) is 13.7. The van der Waals surface area contributed by atoms with Crippen LogP contribution in [0.2, 0.25) is 0 Å². The summed E-state index contributed by atoms with van der Waals surface area (Å²) in [5.41, 5.74) is 2.09. The first-order valence-corrected chi connectivity index (χ1v) is 6.90. The van der Waals surface area contributed by atoms with Crippen molar-refractivity contribution in [3.63, 3.8) is 0 Å². The van der Waals surface area contributed by atoms with E-state index < -0.39 is 0 Å². The first kappa shape index (κ1) is 14.0. The quantitative estimate of drug-likeness (QED) is 0.851. The molecule has 1 aliphatic rings. The van der Waals surface area contributed by atoms with Crippen molar-refractivity contribution >= 4 is 11.6 Å². The first-order chi connectivity index (χ1) is 9.13. The molecule has 2 atom stereocenters. The number of carbonyl (C=O) groups excluding carboxylic acids is 1. The molecule has 0 radical (unpaired) electrons. The van der Waals surface area contributed by atoms with Crippen molar-refractivity contribution in [3.05, 3.63) is 29.8 Å². The minimum atomic E-state index is -0.341. The number of amides is 1. The number of benzene rings is 1. The molecule has 0 fully saturated rings. The van der Waals surface area contributed by atoms with E-state index in [-0.39, 0.29) is 18.1 Å². The summed E-state index contributed by atoms with van der Waals surface area (Å²) in [6.45, 7) is 2.58. The maximum absolute atomic E-state index is 12.0. The fourth-order valence-electron chi connectivity index (χ4n) is 2.54. The van der Waals surface area contributed by atoms with E-state index in [2.05, 4.69) is 12.2 Å². The summed E-state index contributed by atoms with van der Waals surface area (Å²) >= 11 is 0. The maximum Gasteiger partial charge on any atom is 0.228 e. The zero-order chi connectivity index (χ0) is 13.8. The summed E-state index contributed by atoms with van der Waals surface area (Å²) < 4.78 is 0. The van der Waals surface area contributed by atoms with Crippen LogP contribution in [0.15, 0.2) is 24.3 Å². The number of para-hydroxylation sites is 1. The monoisotopic (exact) mass is 262 g/mol. The number of anilines is 1. The SMILES string of the molecule is CCCC(O)CNC1CC(=O)N(C)c2ccccc21. The molecular formula is C15H22N2O2. The molecule has 1 aromatic rings. The third-order valence-electron chi connectivity index (χ3n) is 3.65. The van der Waals surface area contributed by atoms with Crippen LogP contribution in [-0.4, -0.2) is 30.7 Å². The highest BCUT2D eigenvalue weighted by Crippen LogP contribution is 2.33. The van der Waals surface area contributed by atoms with E-state index in [1.165, 1.54) is 0 Å². The third-order valence-corrected chi connectivity index (χ3v) is 3.65. The summed E-state index contributed by atoms with van der Waals surface area (Å²) in [7, 11) is 1.81. The molecule has 0 spiro atoms.